The molecule has 7 heterocycles. The molecule has 0 unspecified atom stereocenters. The summed E-state index contributed by atoms with van der Waals surface area (Å²) in [4.78, 5) is 25.6. The van der Waals surface area contributed by atoms with E-state index in [2.05, 4.69) is 66.9 Å². The van der Waals surface area contributed by atoms with E-state index in [1.807, 2.05) is 36.5 Å². The second-order valence-electron chi connectivity index (χ2n) is 20.4. The molecule has 72 heavy (non-hydrogen) atoms. The maximum absolute atomic E-state index is 12.8. The van der Waals surface area contributed by atoms with Crippen LogP contribution in [0.5, 0.6) is 28.7 Å². The molecule has 1 spiro atoms. The van der Waals surface area contributed by atoms with E-state index in [-0.39, 0.29) is 71.5 Å². The predicted octanol–water partition coefficient (Wildman–Crippen LogP) is 7.30. The number of guanidine groups is 1. The standard InChI is InChI=1S/C56H64N8O8/c1-33(65)70-48-28-47(39-26-45(67)53(68)50(27-39)69-22-16-35-6-3-18-58-30-35)72-54-40(48)11-9-37-10-12-42-46(71-49-24-36(23-41(37)54)8-13-44(49)66)7-2-17-56(42)29-52(64-31-38-15-21-59-43(38)32-64)62-55(63-56)61-19-4-5-34-14-20-60-51(57)25-34/h3,6,8,13-15,18,21,24-27,30-32,37,40-42,46-48,52,54,59-60,66-68H,2,4-5,7,9,11,16-17,19-20,22-23,28-29,57H2,1H3,(H2,61,62,63)/t37-,40+,41-,42+,46+,47+,48+,52-,54-,56+/m1/s1. The number of esters is 1. The Morgan fingerprint density at radius 1 is 1.06 bits per heavy atom. The van der Waals surface area contributed by atoms with Crippen molar-refractivity contribution in [1.29, 1.82) is 0 Å². The number of carbonyl (C=O) groups is 1. The number of carbonyl (C=O) groups excluding carboxylic acids is 1. The lowest BCUT2D eigenvalue weighted by molar-refractivity contribution is -0.196. The van der Waals surface area contributed by atoms with Crippen molar-refractivity contribution in [2.45, 2.75) is 114 Å². The van der Waals surface area contributed by atoms with E-state index in [1.165, 1.54) is 18.6 Å². The Balaban J connectivity index is 0.929. The average Bonchev–Trinajstić information content (AvgIpc) is 3.99. The number of aromatic nitrogens is 3. The number of phenols is 3. The van der Waals surface area contributed by atoms with Gasteiger partial charge in [0.2, 0.25) is 5.75 Å². The first-order chi connectivity index (χ1) is 35.0. The Hall–Kier alpha value is -7.25. The summed E-state index contributed by atoms with van der Waals surface area (Å²) in [5, 5.41) is 45.5. The molecule has 0 amide bonds. The van der Waals surface area contributed by atoms with Gasteiger partial charge in [-0.2, -0.15) is 0 Å². The van der Waals surface area contributed by atoms with Gasteiger partial charge in [0.1, 0.15) is 18.4 Å². The number of aliphatic imine (C=N–C) groups is 1. The summed E-state index contributed by atoms with van der Waals surface area (Å²) in [5.41, 5.74) is 10.3. The molecule has 10 atom stereocenters. The molecule has 3 aromatic heterocycles. The number of fused-ring (bicyclic) bond motifs is 8. The molecule has 5 aromatic rings. The fourth-order valence-corrected chi connectivity index (χ4v) is 12.2. The fraction of sp³-hybridized carbons (Fsp3) is 0.446. The molecule has 4 aliphatic heterocycles. The zero-order chi connectivity index (χ0) is 49.3. The first kappa shape index (κ1) is 47.1. The topological polar surface area (TPSA) is 223 Å². The van der Waals surface area contributed by atoms with Gasteiger partial charge in [-0.3, -0.25) is 14.8 Å². The van der Waals surface area contributed by atoms with E-state index < -0.39 is 23.9 Å². The predicted molar refractivity (Wildman–Crippen MR) is 271 cm³/mol. The summed E-state index contributed by atoms with van der Waals surface area (Å²) in [7, 11) is 0. The number of ether oxygens (including phenoxy) is 4. The third-order valence-corrected chi connectivity index (χ3v) is 15.7. The number of pyridine rings is 1. The lowest BCUT2D eigenvalue weighted by Gasteiger charge is -2.51. The van der Waals surface area contributed by atoms with Crippen LogP contribution in [0, 0.1) is 35.5 Å². The normalized spacial score (nSPS) is 29.2. The van der Waals surface area contributed by atoms with Gasteiger partial charge in [0.05, 0.1) is 41.6 Å². The third-order valence-electron chi connectivity index (χ3n) is 15.7. The molecule has 2 saturated heterocycles. The van der Waals surface area contributed by atoms with Crippen molar-refractivity contribution < 1.29 is 39.1 Å². The van der Waals surface area contributed by atoms with E-state index in [0.29, 0.717) is 49.4 Å². The number of nitrogens with two attached hydrogens (primary N) is 1. The van der Waals surface area contributed by atoms with Gasteiger partial charge < -0.3 is 65.5 Å². The smallest absolute Gasteiger partial charge is 0.302 e. The highest BCUT2D eigenvalue weighted by Crippen LogP contribution is 2.51. The molecule has 2 aromatic carbocycles. The molecule has 2 bridgehead atoms. The number of benzene rings is 2. The van der Waals surface area contributed by atoms with Crippen molar-refractivity contribution in [3.05, 3.63) is 120 Å². The number of rotatable bonds is 11. The Kier molecular flexibility index (Phi) is 13.1. The molecule has 16 nitrogen and oxygen atoms in total. The number of hydrogen-bond acceptors (Lipinski definition) is 12. The largest absolute Gasteiger partial charge is 0.504 e. The molecule has 11 rings (SSSR count). The van der Waals surface area contributed by atoms with Crippen molar-refractivity contribution in [1.82, 2.24) is 30.5 Å². The van der Waals surface area contributed by atoms with Gasteiger partial charge >= 0.3 is 5.97 Å². The lowest BCUT2D eigenvalue weighted by atomic mass is 9.65. The number of H-pyrrole nitrogens is 1. The molecule has 376 valence electrons. The molecule has 0 radical (unpaired) electrons. The molecular weight excluding hydrogens is 913 g/mol. The quantitative estimate of drug-likeness (QED) is 0.0282. The van der Waals surface area contributed by atoms with E-state index in [1.54, 1.807) is 24.5 Å². The number of hydrogen-bond donors (Lipinski definition) is 8. The van der Waals surface area contributed by atoms with Gasteiger partial charge in [-0.1, -0.05) is 30.0 Å². The minimum absolute atomic E-state index is 0.0678. The Morgan fingerprint density at radius 2 is 1.97 bits per heavy atom. The SMILES string of the molecule is CC(=O)O[C@H]1C[C@@H](c2cc(O)c(O)c(OCCc3cccnc3)c2)O[C@@H]2[C@H]1CC[C@@H]1C#C[C@H]3[C@H](CCC[C@]34C[C@@H](n3cc5cc[nH]c5c3)NC(=NCCCC3=CCNC(N)=C3)N4)Oc3cc(ccc3O)C[C@@H]21. The van der Waals surface area contributed by atoms with E-state index in [0.717, 1.165) is 79.5 Å². The zero-order valence-corrected chi connectivity index (χ0v) is 40.6. The van der Waals surface area contributed by atoms with Crippen LogP contribution in [0.4, 0.5) is 0 Å². The monoisotopic (exact) mass is 976 g/mol. The number of phenolic OH excluding ortho intramolecular Hbond substituents is 3. The van der Waals surface area contributed by atoms with Gasteiger partial charge in [-0.05, 0) is 116 Å². The summed E-state index contributed by atoms with van der Waals surface area (Å²) in [6, 6.07) is 14.7. The minimum Gasteiger partial charge on any atom is -0.504 e. The van der Waals surface area contributed by atoms with Gasteiger partial charge in [-0.15, -0.1) is 0 Å². The summed E-state index contributed by atoms with van der Waals surface area (Å²) in [6.07, 6.45) is 19.8. The highest BCUT2D eigenvalue weighted by atomic mass is 16.6. The number of nitrogens with one attached hydrogen (secondary N) is 4. The van der Waals surface area contributed by atoms with Crippen molar-refractivity contribution in [2.75, 3.05) is 19.7 Å². The molecule has 16 heteroatoms. The van der Waals surface area contributed by atoms with Gasteiger partial charge in [-0.25, -0.2) is 0 Å². The number of allylic oxidation sites excluding steroid dienone is 2. The number of aromatic hydroxyl groups is 3. The molecule has 4 fully saturated rings. The number of aromatic amines is 1. The van der Waals surface area contributed by atoms with Crippen LogP contribution in [0.25, 0.3) is 10.9 Å². The van der Waals surface area contributed by atoms with Crippen LogP contribution in [-0.2, 0) is 27.1 Å². The Morgan fingerprint density at radius 3 is 2.82 bits per heavy atom. The molecule has 2 aliphatic carbocycles. The number of dihydropyridines is 1. The van der Waals surface area contributed by atoms with Crippen molar-refractivity contribution >= 4 is 22.8 Å². The zero-order valence-electron chi connectivity index (χ0n) is 40.6. The van der Waals surface area contributed by atoms with Crippen LogP contribution in [-0.4, -0.2) is 85.3 Å². The molecule has 6 aliphatic rings. The first-order valence-electron chi connectivity index (χ1n) is 25.6. The average molecular weight is 977 g/mol. The Labute approximate surface area is 419 Å². The number of nitrogens with zero attached hydrogens (tertiary/aromatic N) is 3. The van der Waals surface area contributed by atoms with Crippen LogP contribution in [0.1, 0.15) is 93.7 Å². The van der Waals surface area contributed by atoms with Gasteiger partial charge in [0.25, 0.3) is 0 Å². The summed E-state index contributed by atoms with van der Waals surface area (Å²) < 4.78 is 28.7. The second-order valence-corrected chi connectivity index (χ2v) is 20.4. The van der Waals surface area contributed by atoms with Gasteiger partial charge in [0.15, 0.2) is 29.0 Å². The summed E-state index contributed by atoms with van der Waals surface area (Å²) in [6.45, 7) is 3.01. The maximum Gasteiger partial charge on any atom is 0.302 e. The molecular formula is C56H64N8O8. The lowest BCUT2D eigenvalue weighted by Crippen LogP contribution is -2.67. The second kappa shape index (κ2) is 20.1. The van der Waals surface area contributed by atoms with Crippen LogP contribution < -0.4 is 31.2 Å². The van der Waals surface area contributed by atoms with Crippen molar-refractivity contribution in [2.24, 2.45) is 34.4 Å². The van der Waals surface area contributed by atoms with Crippen molar-refractivity contribution in [3.63, 3.8) is 0 Å². The summed E-state index contributed by atoms with van der Waals surface area (Å²) >= 11 is 0. The van der Waals surface area contributed by atoms with E-state index >= 15 is 0 Å². The summed E-state index contributed by atoms with van der Waals surface area (Å²) in [5.74, 6) is 8.05. The van der Waals surface area contributed by atoms with E-state index in [9.17, 15) is 20.1 Å². The van der Waals surface area contributed by atoms with E-state index in [4.69, 9.17) is 29.7 Å². The van der Waals surface area contributed by atoms with Gasteiger partial charge in [0, 0.05) is 93.4 Å². The van der Waals surface area contributed by atoms with Crippen LogP contribution >= 0.6 is 0 Å². The minimum atomic E-state index is -0.613. The van der Waals surface area contributed by atoms with Crippen LogP contribution in [0.15, 0.2) is 108 Å². The third kappa shape index (κ3) is 9.86. The van der Waals surface area contributed by atoms with Crippen LogP contribution in [0.3, 0.4) is 0 Å². The molecule has 2 saturated carbocycles. The first-order valence-corrected chi connectivity index (χ1v) is 25.6. The fourth-order valence-electron chi connectivity index (χ4n) is 12.2. The van der Waals surface area contributed by atoms with Crippen LogP contribution in [0.2, 0.25) is 0 Å². The highest BCUT2D eigenvalue weighted by Gasteiger charge is 2.53. The maximum atomic E-state index is 12.8. The highest BCUT2D eigenvalue weighted by molar-refractivity contribution is 5.83. The van der Waals surface area contributed by atoms with Crippen molar-refractivity contribution in [3.8, 4) is 40.6 Å². The Bertz CT molecular complexity index is 2930. The molecule has 9 N–H and O–H groups in total.